The lowest BCUT2D eigenvalue weighted by molar-refractivity contribution is -0.147. The predicted octanol–water partition coefficient (Wildman–Crippen LogP) is -0.790. The number of aliphatic carboxylic acids is 3. The molecule has 0 amide bonds. The van der Waals surface area contributed by atoms with Crippen LogP contribution < -0.4 is 5.73 Å². The van der Waals surface area contributed by atoms with E-state index in [1.165, 1.54) is 0 Å². The van der Waals surface area contributed by atoms with Gasteiger partial charge in [0, 0.05) is 12.3 Å². The van der Waals surface area contributed by atoms with Crippen LogP contribution in [-0.2, 0) is 14.4 Å². The monoisotopic (exact) mass is 243 g/mol. The zero-order valence-electron chi connectivity index (χ0n) is 8.87. The summed E-state index contributed by atoms with van der Waals surface area (Å²) in [5.74, 6) is -5.71. The smallest absolute Gasteiger partial charge is 0.324 e. The van der Waals surface area contributed by atoms with E-state index in [2.05, 4.69) is 0 Å². The number of carboxylic acids is 3. The zero-order valence-corrected chi connectivity index (χ0v) is 8.87. The first-order valence-electron chi connectivity index (χ1n) is 5.26. The van der Waals surface area contributed by atoms with Crippen LogP contribution in [0.15, 0.2) is 0 Å². The molecule has 2 rings (SSSR count). The number of carboxylic acid groups (broad SMARTS) is 3. The molecule has 0 bridgehead atoms. The molecule has 2 aliphatic rings. The Hall–Kier alpha value is -1.63. The molecule has 17 heavy (non-hydrogen) atoms. The largest absolute Gasteiger partial charge is 0.481 e. The molecule has 5 N–H and O–H groups in total. The van der Waals surface area contributed by atoms with Crippen LogP contribution in [0.3, 0.4) is 0 Å². The molecule has 0 aromatic rings. The van der Waals surface area contributed by atoms with Crippen molar-refractivity contribution in [2.45, 2.75) is 18.4 Å². The van der Waals surface area contributed by atoms with Gasteiger partial charge in [0.05, 0.1) is 5.92 Å². The van der Waals surface area contributed by atoms with Crippen molar-refractivity contribution in [2.75, 3.05) is 0 Å². The number of rotatable bonds is 4. The number of fused-ring (bicyclic) bond motifs is 1. The standard InChI is InChI=1S/C10H13NO6/c11-10(9(16)17)2-3(1-4(12)13)5-6(7(5)10)8(14)15/h3,5-7H,1-2,11H2,(H,12,13)(H,14,15)(H,16,17)/t3-,5-,6-,7+,10-/m1/s1. The van der Waals surface area contributed by atoms with Gasteiger partial charge in [0.15, 0.2) is 0 Å². The van der Waals surface area contributed by atoms with Gasteiger partial charge in [-0.2, -0.15) is 0 Å². The summed E-state index contributed by atoms with van der Waals surface area (Å²) in [6, 6.07) is 0. The third-order valence-electron chi connectivity index (χ3n) is 3.93. The Morgan fingerprint density at radius 2 is 1.82 bits per heavy atom. The van der Waals surface area contributed by atoms with E-state index in [1.807, 2.05) is 0 Å². The van der Waals surface area contributed by atoms with Gasteiger partial charge in [-0.15, -0.1) is 0 Å². The van der Waals surface area contributed by atoms with Gasteiger partial charge >= 0.3 is 17.9 Å². The molecule has 0 aromatic heterocycles. The summed E-state index contributed by atoms with van der Waals surface area (Å²) in [5.41, 5.74) is 4.14. The summed E-state index contributed by atoms with van der Waals surface area (Å²) >= 11 is 0. The predicted molar refractivity (Wildman–Crippen MR) is 53.0 cm³/mol. The van der Waals surface area contributed by atoms with Gasteiger partial charge in [-0.05, 0) is 18.3 Å². The van der Waals surface area contributed by atoms with Gasteiger partial charge in [-0.3, -0.25) is 14.4 Å². The highest BCUT2D eigenvalue weighted by Gasteiger charge is 2.73. The first-order valence-corrected chi connectivity index (χ1v) is 5.26. The molecule has 2 fully saturated rings. The first kappa shape index (κ1) is 11.8. The lowest BCUT2D eigenvalue weighted by Crippen LogP contribution is -2.50. The summed E-state index contributed by atoms with van der Waals surface area (Å²) in [5, 5.41) is 26.7. The molecule has 2 saturated carbocycles. The number of carbonyl (C=O) groups is 3. The lowest BCUT2D eigenvalue weighted by Gasteiger charge is -2.23. The third-order valence-corrected chi connectivity index (χ3v) is 3.93. The molecule has 7 nitrogen and oxygen atoms in total. The minimum absolute atomic E-state index is 0.0355. The number of hydrogen-bond donors (Lipinski definition) is 4. The lowest BCUT2D eigenvalue weighted by atomic mass is 9.86. The molecule has 0 spiro atoms. The van der Waals surface area contributed by atoms with Crippen LogP contribution in [0.5, 0.6) is 0 Å². The van der Waals surface area contributed by atoms with E-state index < -0.39 is 47.1 Å². The molecule has 0 saturated heterocycles. The summed E-state index contributed by atoms with van der Waals surface area (Å²) in [7, 11) is 0. The van der Waals surface area contributed by atoms with Crippen LogP contribution in [0.4, 0.5) is 0 Å². The second kappa shape index (κ2) is 3.43. The average Bonchev–Trinajstić information content (AvgIpc) is 2.84. The van der Waals surface area contributed by atoms with E-state index in [0.717, 1.165) is 0 Å². The van der Waals surface area contributed by atoms with E-state index in [-0.39, 0.29) is 12.8 Å². The van der Waals surface area contributed by atoms with E-state index in [1.54, 1.807) is 0 Å². The summed E-state index contributed by atoms with van der Waals surface area (Å²) in [6.45, 7) is 0. The fraction of sp³-hybridized carbons (Fsp3) is 0.700. The second-order valence-electron chi connectivity index (χ2n) is 4.87. The summed E-state index contributed by atoms with van der Waals surface area (Å²) in [6.07, 6.45) is -0.190. The van der Waals surface area contributed by atoms with Gasteiger partial charge in [0.2, 0.25) is 0 Å². The Kier molecular flexibility index (Phi) is 2.39. The molecule has 7 heteroatoms. The van der Waals surface area contributed by atoms with Crippen LogP contribution in [0.25, 0.3) is 0 Å². The molecular formula is C10H13NO6. The number of hydrogen-bond acceptors (Lipinski definition) is 4. The Morgan fingerprint density at radius 3 is 2.24 bits per heavy atom. The van der Waals surface area contributed by atoms with E-state index in [4.69, 9.17) is 21.1 Å². The van der Waals surface area contributed by atoms with Gasteiger partial charge in [-0.1, -0.05) is 0 Å². The van der Waals surface area contributed by atoms with E-state index in [0.29, 0.717) is 0 Å². The Morgan fingerprint density at radius 1 is 1.24 bits per heavy atom. The van der Waals surface area contributed by atoms with Crippen LogP contribution >= 0.6 is 0 Å². The van der Waals surface area contributed by atoms with Crippen molar-refractivity contribution in [3.05, 3.63) is 0 Å². The molecule has 0 radical (unpaired) electrons. The van der Waals surface area contributed by atoms with Gasteiger partial charge < -0.3 is 21.1 Å². The number of nitrogens with two attached hydrogens (primary N) is 1. The van der Waals surface area contributed by atoms with Crippen LogP contribution in [-0.4, -0.2) is 38.8 Å². The summed E-state index contributed by atoms with van der Waals surface area (Å²) in [4.78, 5) is 32.7. The first-order chi connectivity index (χ1) is 7.79. The third kappa shape index (κ3) is 1.57. The highest BCUT2D eigenvalue weighted by molar-refractivity contribution is 5.85. The Labute approximate surface area is 96.2 Å². The maximum absolute atomic E-state index is 11.1. The van der Waals surface area contributed by atoms with Crippen molar-refractivity contribution in [3.8, 4) is 0 Å². The van der Waals surface area contributed by atoms with Crippen molar-refractivity contribution in [2.24, 2.45) is 29.4 Å². The van der Waals surface area contributed by atoms with Gasteiger partial charge in [0.25, 0.3) is 0 Å². The minimum atomic E-state index is -1.59. The molecule has 5 atom stereocenters. The fourth-order valence-electron chi connectivity index (χ4n) is 3.27. The maximum Gasteiger partial charge on any atom is 0.324 e. The minimum Gasteiger partial charge on any atom is -0.481 e. The highest BCUT2D eigenvalue weighted by atomic mass is 16.4. The SMILES string of the molecule is N[C@]1(C(=O)O)C[C@@H](CC(=O)O)[C@@H]2[C@@H](C(=O)O)[C@H]21. The van der Waals surface area contributed by atoms with Gasteiger partial charge in [0.1, 0.15) is 5.54 Å². The average molecular weight is 243 g/mol. The summed E-state index contributed by atoms with van der Waals surface area (Å²) < 4.78 is 0. The molecule has 0 heterocycles. The van der Waals surface area contributed by atoms with Crippen molar-refractivity contribution in [3.63, 3.8) is 0 Å². The van der Waals surface area contributed by atoms with Crippen LogP contribution in [0, 0.1) is 23.7 Å². The van der Waals surface area contributed by atoms with E-state index >= 15 is 0 Å². The van der Waals surface area contributed by atoms with Crippen LogP contribution in [0.1, 0.15) is 12.8 Å². The molecule has 94 valence electrons. The normalized spacial score (nSPS) is 42.9. The Balaban J connectivity index is 2.23. The van der Waals surface area contributed by atoms with E-state index in [9.17, 15) is 14.4 Å². The molecule has 0 unspecified atom stereocenters. The molecule has 2 aliphatic carbocycles. The van der Waals surface area contributed by atoms with Crippen molar-refractivity contribution in [1.29, 1.82) is 0 Å². The van der Waals surface area contributed by atoms with Crippen molar-refractivity contribution >= 4 is 17.9 Å². The zero-order chi connectivity index (χ0) is 13.0. The van der Waals surface area contributed by atoms with Crippen molar-refractivity contribution in [1.82, 2.24) is 0 Å². The van der Waals surface area contributed by atoms with Crippen molar-refractivity contribution < 1.29 is 29.7 Å². The quantitative estimate of drug-likeness (QED) is 0.507. The molecule has 0 aromatic carbocycles. The molecular weight excluding hydrogens is 230 g/mol. The topological polar surface area (TPSA) is 138 Å². The molecule has 0 aliphatic heterocycles. The van der Waals surface area contributed by atoms with Gasteiger partial charge in [-0.25, -0.2) is 0 Å². The Bertz CT molecular complexity index is 408. The highest BCUT2D eigenvalue weighted by Crippen LogP contribution is 2.65. The maximum atomic E-state index is 11.1. The fourth-order valence-corrected chi connectivity index (χ4v) is 3.27. The second-order valence-corrected chi connectivity index (χ2v) is 4.87. The van der Waals surface area contributed by atoms with Crippen LogP contribution in [0.2, 0.25) is 0 Å².